The lowest BCUT2D eigenvalue weighted by Gasteiger charge is -2.23. The van der Waals surface area contributed by atoms with Gasteiger partial charge in [-0.3, -0.25) is 14.6 Å². The number of benzene rings is 1. The van der Waals surface area contributed by atoms with Gasteiger partial charge < -0.3 is 10.2 Å². The summed E-state index contributed by atoms with van der Waals surface area (Å²) < 4.78 is 0. The topological polar surface area (TPSA) is 62.3 Å². The van der Waals surface area contributed by atoms with E-state index in [4.69, 9.17) is 11.6 Å². The van der Waals surface area contributed by atoms with E-state index < -0.39 is 6.04 Å². The molecule has 28 heavy (non-hydrogen) atoms. The third-order valence-corrected chi connectivity index (χ3v) is 5.41. The molecule has 2 aliphatic rings. The Labute approximate surface area is 168 Å². The lowest BCUT2D eigenvalue weighted by molar-refractivity contribution is -0.131. The van der Waals surface area contributed by atoms with Gasteiger partial charge in [0.2, 0.25) is 5.91 Å². The monoisotopic (exact) mass is 393 g/mol. The first-order chi connectivity index (χ1) is 13.5. The number of aromatic nitrogens is 1. The fourth-order valence-corrected chi connectivity index (χ4v) is 3.80. The number of likely N-dealkylation sites (N-methyl/N-ethyl adjacent to an activating group) is 1. The smallest absolute Gasteiger partial charge is 0.253 e. The van der Waals surface area contributed by atoms with E-state index in [0.29, 0.717) is 24.1 Å². The van der Waals surface area contributed by atoms with Crippen molar-refractivity contribution in [3.8, 4) is 11.1 Å². The highest BCUT2D eigenvalue weighted by Gasteiger charge is 2.35. The van der Waals surface area contributed by atoms with Crippen molar-refractivity contribution in [2.24, 2.45) is 0 Å². The molecule has 2 atom stereocenters. The van der Waals surface area contributed by atoms with Crippen LogP contribution in [-0.4, -0.2) is 40.2 Å². The molecule has 1 aliphatic heterocycles. The Balaban J connectivity index is 1.55. The Hall–Kier alpha value is -2.92. The number of amides is 2. The Bertz CT molecular complexity index is 967. The van der Waals surface area contributed by atoms with Crippen LogP contribution in [-0.2, 0) is 16.0 Å². The number of allylic oxidation sites excluding steroid dienone is 2. The SMILES string of the molecule is CN1C(=O)C(Cc2ccc(-c3ccncc3)cc2)NC(=O)C2=CC(Cl)CC=C21. The molecule has 1 fully saturated rings. The summed E-state index contributed by atoms with van der Waals surface area (Å²) in [6, 6.07) is 11.3. The van der Waals surface area contributed by atoms with E-state index in [-0.39, 0.29) is 17.2 Å². The average Bonchev–Trinajstić information content (AvgIpc) is 2.80. The molecule has 1 saturated heterocycles. The van der Waals surface area contributed by atoms with Crippen molar-refractivity contribution in [1.82, 2.24) is 15.2 Å². The highest BCUT2D eigenvalue weighted by atomic mass is 35.5. The standard InChI is InChI=1S/C22H20ClN3O2/c1-26-20-7-6-17(23)13-18(20)21(27)25-19(22(26)28)12-14-2-4-15(5-3-14)16-8-10-24-11-9-16/h2-5,7-11,13,17,19H,6,12H2,1H3,(H,25,27). The van der Waals surface area contributed by atoms with Gasteiger partial charge in [0.25, 0.3) is 5.91 Å². The van der Waals surface area contributed by atoms with Crippen molar-refractivity contribution in [3.05, 3.63) is 77.8 Å². The van der Waals surface area contributed by atoms with Crippen LogP contribution in [0, 0.1) is 0 Å². The van der Waals surface area contributed by atoms with Gasteiger partial charge >= 0.3 is 0 Å². The van der Waals surface area contributed by atoms with E-state index in [2.05, 4.69) is 10.3 Å². The molecule has 142 valence electrons. The summed E-state index contributed by atoms with van der Waals surface area (Å²) in [6.07, 6.45) is 8.13. The van der Waals surface area contributed by atoms with Gasteiger partial charge in [-0.2, -0.15) is 0 Å². The van der Waals surface area contributed by atoms with Gasteiger partial charge in [-0.05, 0) is 35.2 Å². The van der Waals surface area contributed by atoms with Gasteiger partial charge in [0, 0.05) is 25.9 Å². The van der Waals surface area contributed by atoms with Gasteiger partial charge in [-0.25, -0.2) is 0 Å². The Kier molecular flexibility index (Phi) is 5.01. The molecule has 0 radical (unpaired) electrons. The van der Waals surface area contributed by atoms with Crippen molar-refractivity contribution in [3.63, 3.8) is 0 Å². The number of nitrogens with one attached hydrogen (secondary N) is 1. The number of nitrogens with zero attached hydrogens (tertiary/aromatic N) is 2. The molecule has 2 heterocycles. The van der Waals surface area contributed by atoms with E-state index in [1.54, 1.807) is 30.4 Å². The second-order valence-corrected chi connectivity index (χ2v) is 7.54. The summed E-state index contributed by atoms with van der Waals surface area (Å²) in [7, 11) is 1.70. The predicted molar refractivity (Wildman–Crippen MR) is 109 cm³/mol. The van der Waals surface area contributed by atoms with Gasteiger partial charge in [0.15, 0.2) is 0 Å². The fourth-order valence-electron chi connectivity index (χ4n) is 3.58. The third-order valence-electron chi connectivity index (χ3n) is 5.11. The third kappa shape index (κ3) is 3.58. The molecule has 5 nitrogen and oxygen atoms in total. The minimum atomic E-state index is -0.620. The number of hydrogen-bond acceptors (Lipinski definition) is 3. The van der Waals surface area contributed by atoms with Crippen molar-refractivity contribution in [1.29, 1.82) is 0 Å². The van der Waals surface area contributed by atoms with Crippen molar-refractivity contribution in [2.45, 2.75) is 24.3 Å². The van der Waals surface area contributed by atoms with Crippen LogP contribution in [0.4, 0.5) is 0 Å². The summed E-state index contributed by atoms with van der Waals surface area (Å²) in [4.78, 5) is 31.2. The number of hydrogen-bond donors (Lipinski definition) is 1. The van der Waals surface area contributed by atoms with Crippen LogP contribution in [0.1, 0.15) is 12.0 Å². The highest BCUT2D eigenvalue weighted by Crippen LogP contribution is 2.28. The molecule has 0 saturated carbocycles. The number of carbonyl (C=O) groups is 2. The molecule has 1 aromatic carbocycles. The summed E-state index contributed by atoms with van der Waals surface area (Å²) in [5, 5.41) is 2.64. The van der Waals surface area contributed by atoms with Crippen molar-refractivity contribution >= 4 is 23.4 Å². The van der Waals surface area contributed by atoms with Crippen LogP contribution < -0.4 is 5.32 Å². The molecular weight excluding hydrogens is 374 g/mol. The zero-order chi connectivity index (χ0) is 19.7. The van der Waals surface area contributed by atoms with E-state index in [1.807, 2.05) is 42.5 Å². The zero-order valence-corrected chi connectivity index (χ0v) is 16.2. The maximum atomic E-state index is 12.9. The number of halogens is 1. The van der Waals surface area contributed by atoms with Gasteiger partial charge in [0.05, 0.1) is 16.6 Å². The number of alkyl halides is 1. The fraction of sp³-hybridized carbons (Fsp3) is 0.227. The minimum absolute atomic E-state index is 0.130. The van der Waals surface area contributed by atoms with Gasteiger partial charge in [0.1, 0.15) is 6.04 Å². The number of pyridine rings is 1. The molecule has 0 bridgehead atoms. The Morgan fingerprint density at radius 1 is 1.11 bits per heavy atom. The highest BCUT2D eigenvalue weighted by molar-refractivity contribution is 6.22. The maximum absolute atomic E-state index is 12.9. The van der Waals surface area contributed by atoms with E-state index >= 15 is 0 Å². The first-order valence-corrected chi connectivity index (χ1v) is 9.61. The lowest BCUT2D eigenvalue weighted by Crippen LogP contribution is -2.44. The van der Waals surface area contributed by atoms with Crippen LogP contribution >= 0.6 is 11.6 Å². The van der Waals surface area contributed by atoms with Crippen molar-refractivity contribution < 1.29 is 9.59 Å². The molecular formula is C22H20ClN3O2. The van der Waals surface area contributed by atoms with E-state index in [0.717, 1.165) is 16.7 Å². The van der Waals surface area contributed by atoms with Crippen molar-refractivity contribution in [2.75, 3.05) is 7.05 Å². The molecule has 2 aromatic rings. The zero-order valence-electron chi connectivity index (χ0n) is 15.4. The first kappa shape index (κ1) is 18.4. The average molecular weight is 394 g/mol. The van der Waals surface area contributed by atoms with Crippen LogP contribution in [0.25, 0.3) is 11.1 Å². The van der Waals surface area contributed by atoms with E-state index in [1.165, 1.54) is 0 Å². The molecule has 2 amide bonds. The Morgan fingerprint density at radius 2 is 1.79 bits per heavy atom. The largest absolute Gasteiger partial charge is 0.340 e. The summed E-state index contributed by atoms with van der Waals surface area (Å²) in [5.74, 6) is -0.387. The molecule has 1 N–H and O–H groups in total. The number of fused-ring (bicyclic) bond motifs is 1. The summed E-state index contributed by atoms with van der Waals surface area (Å²) in [5.41, 5.74) is 4.24. The van der Waals surface area contributed by atoms with Crippen LogP contribution in [0.15, 0.2) is 72.2 Å². The van der Waals surface area contributed by atoms with Gasteiger partial charge in [-0.1, -0.05) is 36.4 Å². The van der Waals surface area contributed by atoms with Gasteiger partial charge in [-0.15, -0.1) is 11.6 Å². The second kappa shape index (κ2) is 7.60. The molecule has 6 heteroatoms. The first-order valence-electron chi connectivity index (χ1n) is 9.17. The van der Waals surface area contributed by atoms with E-state index in [9.17, 15) is 9.59 Å². The molecule has 1 aromatic heterocycles. The normalized spacial score (nSPS) is 22.0. The number of rotatable bonds is 3. The lowest BCUT2D eigenvalue weighted by atomic mass is 10.0. The number of carbonyl (C=O) groups excluding carboxylic acids is 2. The molecule has 1 aliphatic carbocycles. The molecule has 4 rings (SSSR count). The molecule has 0 spiro atoms. The van der Waals surface area contributed by atoms with Crippen LogP contribution in [0.3, 0.4) is 0 Å². The van der Waals surface area contributed by atoms with Crippen LogP contribution in [0.2, 0.25) is 0 Å². The summed E-state index contributed by atoms with van der Waals surface area (Å²) in [6.45, 7) is 0. The summed E-state index contributed by atoms with van der Waals surface area (Å²) >= 11 is 6.16. The second-order valence-electron chi connectivity index (χ2n) is 6.98. The Morgan fingerprint density at radius 3 is 2.50 bits per heavy atom. The maximum Gasteiger partial charge on any atom is 0.253 e. The molecule has 2 unspecified atom stereocenters. The van der Waals surface area contributed by atoms with Crippen LogP contribution in [0.5, 0.6) is 0 Å². The quantitative estimate of drug-likeness (QED) is 0.815. The predicted octanol–water partition coefficient (Wildman–Crippen LogP) is 3.07. The minimum Gasteiger partial charge on any atom is -0.340 e.